The minimum Gasteiger partial charge on any atom is -0.444 e. The van der Waals surface area contributed by atoms with E-state index in [0.717, 1.165) is 6.42 Å². The van der Waals surface area contributed by atoms with Gasteiger partial charge in [0.05, 0.1) is 132 Å². The lowest BCUT2D eigenvalue weighted by Crippen LogP contribution is -2.33. The van der Waals surface area contributed by atoms with E-state index >= 15 is 0 Å². The van der Waals surface area contributed by atoms with Crippen LogP contribution in [0.25, 0.3) is 0 Å². The van der Waals surface area contributed by atoms with Crippen molar-refractivity contribution in [3.63, 3.8) is 0 Å². The molecule has 0 fully saturated rings. The summed E-state index contributed by atoms with van der Waals surface area (Å²) in [5.74, 6) is 0. The number of nitrogens with two attached hydrogens (primary N) is 1. The summed E-state index contributed by atoms with van der Waals surface area (Å²) >= 11 is 0. The molecule has 0 aromatic heterocycles. The molecule has 0 aromatic rings. The Morgan fingerprint density at radius 1 is 0.435 bits per heavy atom. The third kappa shape index (κ3) is 40.8. The van der Waals surface area contributed by atoms with E-state index in [1.165, 1.54) is 0 Å². The number of alkyl carbamates (subject to hydrolysis) is 1. The van der Waals surface area contributed by atoms with Crippen molar-refractivity contribution in [3.8, 4) is 0 Å². The molecule has 0 heterocycles. The first kappa shape index (κ1) is 44.8. The van der Waals surface area contributed by atoms with Gasteiger partial charge in [-0.3, -0.25) is 0 Å². The van der Waals surface area contributed by atoms with Crippen molar-refractivity contribution < 1.29 is 61.6 Å². The molecule has 0 saturated heterocycles. The lowest BCUT2D eigenvalue weighted by molar-refractivity contribution is -0.0275. The molecule has 1 amide bonds. The Hall–Kier alpha value is -1.21. The third-order valence-corrected chi connectivity index (χ3v) is 5.35. The topological polar surface area (TPSA) is 166 Å². The average Bonchev–Trinajstić information content (AvgIpc) is 3.01. The molecule has 0 aliphatic heterocycles. The van der Waals surface area contributed by atoms with Crippen molar-refractivity contribution in [2.24, 2.45) is 5.73 Å². The van der Waals surface area contributed by atoms with Gasteiger partial charge >= 0.3 is 6.09 Å². The van der Waals surface area contributed by atoms with Gasteiger partial charge in [-0.15, -0.1) is 0 Å². The second-order valence-corrected chi connectivity index (χ2v) is 10.7. The highest BCUT2D eigenvalue weighted by Crippen LogP contribution is 2.06. The fourth-order valence-corrected chi connectivity index (χ4v) is 3.17. The Bertz CT molecular complexity index is 615. The van der Waals surface area contributed by atoms with E-state index in [9.17, 15) is 4.79 Å². The van der Waals surface area contributed by atoms with E-state index in [1.807, 2.05) is 20.8 Å². The van der Waals surface area contributed by atoms with Gasteiger partial charge in [0, 0.05) is 19.8 Å². The van der Waals surface area contributed by atoms with Crippen LogP contribution in [0.4, 0.5) is 4.79 Å². The van der Waals surface area contributed by atoms with Crippen molar-refractivity contribution in [1.82, 2.24) is 5.32 Å². The van der Waals surface area contributed by atoms with Crippen LogP contribution in [0.5, 0.6) is 0 Å². The molecule has 0 atom stereocenters. The van der Waals surface area contributed by atoms with Crippen LogP contribution in [0.15, 0.2) is 0 Å². The normalized spacial score (nSPS) is 11.7. The Morgan fingerprint density at radius 2 is 0.674 bits per heavy atom. The number of nitrogens with one attached hydrogen (secondary N) is 1. The summed E-state index contributed by atoms with van der Waals surface area (Å²) in [5.41, 5.74) is 4.90. The molecule has 0 aliphatic carbocycles. The molecule has 15 nitrogen and oxygen atoms in total. The maximum atomic E-state index is 11.5. The molecule has 46 heavy (non-hydrogen) atoms. The maximum Gasteiger partial charge on any atom is 0.407 e. The molecule has 0 unspecified atom stereocenters. The summed E-state index contributed by atoms with van der Waals surface area (Å²) in [7, 11) is 0. The Labute approximate surface area is 276 Å². The van der Waals surface area contributed by atoms with Crippen molar-refractivity contribution in [3.05, 3.63) is 0 Å². The van der Waals surface area contributed by atoms with Crippen molar-refractivity contribution in [1.29, 1.82) is 0 Å². The average molecular weight is 673 g/mol. The molecule has 0 rings (SSSR count). The highest BCUT2D eigenvalue weighted by molar-refractivity contribution is 5.67. The molecular weight excluding hydrogens is 608 g/mol. The molecule has 0 bridgehead atoms. The minimum atomic E-state index is -0.494. The predicted molar refractivity (Wildman–Crippen MR) is 172 cm³/mol. The van der Waals surface area contributed by atoms with Gasteiger partial charge < -0.3 is 67.9 Å². The van der Waals surface area contributed by atoms with Gasteiger partial charge in [-0.2, -0.15) is 0 Å². The lowest BCUT2D eigenvalue weighted by atomic mass is 10.2. The number of ether oxygens (including phenoxy) is 12. The largest absolute Gasteiger partial charge is 0.444 e. The van der Waals surface area contributed by atoms with Gasteiger partial charge in [0.25, 0.3) is 0 Å². The van der Waals surface area contributed by atoms with Gasteiger partial charge in [0.15, 0.2) is 0 Å². The molecule has 0 saturated carbocycles. The van der Waals surface area contributed by atoms with E-state index in [-0.39, 0.29) is 0 Å². The van der Waals surface area contributed by atoms with Crippen molar-refractivity contribution >= 4 is 6.09 Å². The Morgan fingerprint density at radius 3 is 0.913 bits per heavy atom. The van der Waals surface area contributed by atoms with E-state index < -0.39 is 11.7 Å². The molecule has 3 N–H and O–H groups in total. The maximum absolute atomic E-state index is 11.5. The monoisotopic (exact) mass is 672 g/mol. The van der Waals surface area contributed by atoms with Crippen molar-refractivity contribution in [2.75, 3.05) is 158 Å². The lowest BCUT2D eigenvalue weighted by Gasteiger charge is -2.19. The number of carbonyl (C=O) groups excluding carboxylic acids is 1. The van der Waals surface area contributed by atoms with Crippen LogP contribution in [-0.2, 0) is 56.8 Å². The van der Waals surface area contributed by atoms with Gasteiger partial charge in [-0.25, -0.2) is 4.79 Å². The third-order valence-electron chi connectivity index (χ3n) is 5.35. The quantitative estimate of drug-likeness (QED) is 0.0911. The molecule has 15 heteroatoms. The SMILES string of the molecule is CC(C)(C)OC(=O)NCCCOCCOCCOCCOCCOCCOCCOCCOCCOCCOCCOCCCN. The van der Waals surface area contributed by atoms with Crippen LogP contribution >= 0.6 is 0 Å². The summed E-state index contributed by atoms with van der Waals surface area (Å²) in [6.07, 6.45) is 1.16. The fraction of sp³-hybridized carbons (Fsp3) is 0.968. The highest BCUT2D eigenvalue weighted by Gasteiger charge is 2.15. The zero-order valence-corrected chi connectivity index (χ0v) is 28.8. The van der Waals surface area contributed by atoms with Crippen LogP contribution in [0, 0.1) is 0 Å². The first-order valence-electron chi connectivity index (χ1n) is 16.5. The summed E-state index contributed by atoms with van der Waals surface area (Å²) < 4.78 is 65.1. The van der Waals surface area contributed by atoms with E-state index in [1.54, 1.807) is 0 Å². The number of hydrogen-bond acceptors (Lipinski definition) is 14. The van der Waals surface area contributed by atoms with Crippen LogP contribution in [-0.4, -0.2) is 170 Å². The fourth-order valence-electron chi connectivity index (χ4n) is 3.17. The minimum absolute atomic E-state index is 0.415. The zero-order valence-electron chi connectivity index (χ0n) is 28.8. The standard InChI is InChI=1S/C31H64N2O13/c1-31(2,3)46-30(34)33-7-5-9-36-11-13-38-15-17-40-19-21-42-23-25-44-27-29-45-28-26-43-24-22-41-20-18-39-16-14-37-12-10-35-8-4-6-32/h4-29,32H2,1-3H3,(H,33,34). The van der Waals surface area contributed by atoms with Crippen molar-refractivity contribution in [2.45, 2.75) is 39.2 Å². The summed E-state index contributed by atoms with van der Waals surface area (Å²) in [5, 5.41) is 2.69. The number of rotatable bonds is 37. The predicted octanol–water partition coefficient (Wildman–Crippen LogP) is 1.43. The van der Waals surface area contributed by atoms with Crippen LogP contribution in [0.3, 0.4) is 0 Å². The molecular formula is C31H64N2O13. The van der Waals surface area contributed by atoms with Gasteiger partial charge in [-0.1, -0.05) is 0 Å². The second-order valence-electron chi connectivity index (χ2n) is 10.7. The summed E-state index contributed by atoms with van der Waals surface area (Å²) in [6.45, 7) is 18.1. The zero-order chi connectivity index (χ0) is 33.7. The molecule has 0 radical (unpaired) electrons. The molecule has 276 valence electrons. The smallest absolute Gasteiger partial charge is 0.407 e. The summed E-state index contributed by atoms with van der Waals surface area (Å²) in [6, 6.07) is 0. The first-order chi connectivity index (χ1) is 22.5. The van der Waals surface area contributed by atoms with Gasteiger partial charge in [0.2, 0.25) is 0 Å². The number of hydrogen-bond donors (Lipinski definition) is 2. The Balaban J connectivity index is 3.09. The van der Waals surface area contributed by atoms with Crippen LogP contribution in [0.2, 0.25) is 0 Å². The Kier molecular flexibility index (Phi) is 35.7. The highest BCUT2D eigenvalue weighted by atomic mass is 16.6. The number of carbonyl (C=O) groups is 1. The van der Waals surface area contributed by atoms with Gasteiger partial charge in [0.1, 0.15) is 5.60 Å². The van der Waals surface area contributed by atoms with E-state index in [0.29, 0.717) is 165 Å². The summed E-state index contributed by atoms with van der Waals surface area (Å²) in [4.78, 5) is 11.5. The van der Waals surface area contributed by atoms with E-state index in [2.05, 4.69) is 5.32 Å². The molecule has 0 aliphatic rings. The second kappa shape index (κ2) is 36.6. The van der Waals surface area contributed by atoms with Crippen LogP contribution < -0.4 is 11.1 Å². The van der Waals surface area contributed by atoms with E-state index in [4.69, 9.17) is 62.6 Å². The molecule has 0 spiro atoms. The first-order valence-corrected chi connectivity index (χ1v) is 16.5. The van der Waals surface area contributed by atoms with Crippen LogP contribution in [0.1, 0.15) is 33.6 Å². The van der Waals surface area contributed by atoms with Gasteiger partial charge in [-0.05, 0) is 40.2 Å². The number of amides is 1. The molecule has 0 aromatic carbocycles.